The fraction of sp³-hybridized carbons (Fsp3) is 0.588. The molecule has 0 N–H and O–H groups in total. The van der Waals surface area contributed by atoms with E-state index in [-0.39, 0.29) is 5.92 Å². The Morgan fingerprint density at radius 2 is 2.05 bits per heavy atom. The number of hydrogen-bond donors (Lipinski definition) is 0. The molecule has 3 rings (SSSR count). The van der Waals surface area contributed by atoms with Crippen LogP contribution in [0.5, 0.6) is 0 Å². The van der Waals surface area contributed by atoms with E-state index in [0.29, 0.717) is 17.9 Å². The first-order valence-corrected chi connectivity index (χ1v) is 8.14. The van der Waals surface area contributed by atoms with Gasteiger partial charge in [0.2, 0.25) is 5.91 Å². The Bertz CT molecular complexity index is 525. The molecular formula is C17H23ClN2O. The van der Waals surface area contributed by atoms with E-state index in [0.717, 1.165) is 37.4 Å². The van der Waals surface area contributed by atoms with E-state index in [1.54, 1.807) is 0 Å². The summed E-state index contributed by atoms with van der Waals surface area (Å²) in [5, 5.41) is 0.759. The predicted octanol–water partition coefficient (Wildman–Crippen LogP) is 3.00. The molecule has 0 aromatic heterocycles. The van der Waals surface area contributed by atoms with Gasteiger partial charge in [0.15, 0.2) is 0 Å². The average Bonchev–Trinajstić information content (AvgIpc) is 3.27. The largest absolute Gasteiger partial charge is 0.342 e. The van der Waals surface area contributed by atoms with Gasteiger partial charge in [-0.25, -0.2) is 0 Å². The highest BCUT2D eigenvalue weighted by atomic mass is 35.5. The second kappa shape index (κ2) is 5.98. The summed E-state index contributed by atoms with van der Waals surface area (Å²) in [4.78, 5) is 17.0. The maximum atomic E-state index is 12.6. The molecule has 0 bridgehead atoms. The van der Waals surface area contributed by atoms with Crippen LogP contribution in [0.25, 0.3) is 0 Å². The van der Waals surface area contributed by atoms with E-state index < -0.39 is 0 Å². The molecule has 1 aliphatic heterocycles. The van der Waals surface area contributed by atoms with Gasteiger partial charge in [0.05, 0.1) is 0 Å². The van der Waals surface area contributed by atoms with Crippen molar-refractivity contribution in [2.24, 2.45) is 5.92 Å². The van der Waals surface area contributed by atoms with Crippen LogP contribution < -0.4 is 0 Å². The SMILES string of the molecule is CN1CCC(N(C)C(=O)[C@H]2C[C@H]2c2cccc(Cl)c2)CC1. The minimum Gasteiger partial charge on any atom is -0.342 e. The summed E-state index contributed by atoms with van der Waals surface area (Å²) < 4.78 is 0. The van der Waals surface area contributed by atoms with Gasteiger partial charge in [-0.05, 0) is 63.0 Å². The summed E-state index contributed by atoms with van der Waals surface area (Å²) in [6.45, 7) is 2.18. The van der Waals surface area contributed by atoms with Crippen molar-refractivity contribution in [2.75, 3.05) is 27.2 Å². The van der Waals surface area contributed by atoms with Crippen molar-refractivity contribution in [2.45, 2.75) is 31.2 Å². The van der Waals surface area contributed by atoms with E-state index in [1.807, 2.05) is 30.1 Å². The smallest absolute Gasteiger partial charge is 0.226 e. The fourth-order valence-corrected chi connectivity index (χ4v) is 3.60. The van der Waals surface area contributed by atoms with E-state index >= 15 is 0 Å². The first-order chi connectivity index (χ1) is 10.1. The minimum absolute atomic E-state index is 0.160. The quantitative estimate of drug-likeness (QED) is 0.857. The number of halogens is 1. The Hall–Kier alpha value is -1.06. The molecular weight excluding hydrogens is 284 g/mol. The zero-order chi connectivity index (χ0) is 15.0. The molecule has 2 aliphatic rings. The van der Waals surface area contributed by atoms with Crippen LogP contribution in [0.2, 0.25) is 5.02 Å². The number of nitrogens with zero attached hydrogens (tertiary/aromatic N) is 2. The van der Waals surface area contributed by atoms with Gasteiger partial charge in [0.1, 0.15) is 0 Å². The van der Waals surface area contributed by atoms with Crippen molar-refractivity contribution in [3.05, 3.63) is 34.9 Å². The molecule has 1 aromatic rings. The van der Waals surface area contributed by atoms with E-state index in [9.17, 15) is 4.79 Å². The molecule has 2 fully saturated rings. The molecule has 1 saturated heterocycles. The third-order valence-electron chi connectivity index (χ3n) is 4.97. The Morgan fingerprint density at radius 3 is 2.71 bits per heavy atom. The average molecular weight is 307 g/mol. The molecule has 0 radical (unpaired) electrons. The highest BCUT2D eigenvalue weighted by Gasteiger charge is 2.46. The monoisotopic (exact) mass is 306 g/mol. The van der Waals surface area contributed by atoms with Crippen LogP contribution in [-0.4, -0.2) is 48.9 Å². The van der Waals surface area contributed by atoms with Gasteiger partial charge >= 0.3 is 0 Å². The van der Waals surface area contributed by atoms with Crippen LogP contribution in [0.1, 0.15) is 30.7 Å². The number of carbonyl (C=O) groups is 1. The van der Waals surface area contributed by atoms with Crippen molar-refractivity contribution >= 4 is 17.5 Å². The van der Waals surface area contributed by atoms with Crippen LogP contribution in [-0.2, 0) is 4.79 Å². The van der Waals surface area contributed by atoms with Crippen molar-refractivity contribution in [3.63, 3.8) is 0 Å². The Morgan fingerprint density at radius 1 is 1.33 bits per heavy atom. The number of hydrogen-bond acceptors (Lipinski definition) is 2. The molecule has 114 valence electrons. The van der Waals surface area contributed by atoms with Gasteiger partial charge in [0, 0.05) is 24.0 Å². The maximum absolute atomic E-state index is 12.6. The first-order valence-electron chi connectivity index (χ1n) is 7.77. The summed E-state index contributed by atoms with van der Waals surface area (Å²) in [5.74, 6) is 0.840. The molecule has 1 saturated carbocycles. The molecule has 1 heterocycles. The Kier molecular flexibility index (Phi) is 4.23. The third-order valence-corrected chi connectivity index (χ3v) is 5.20. The highest BCUT2D eigenvalue weighted by molar-refractivity contribution is 6.30. The Balaban J connectivity index is 1.59. The van der Waals surface area contributed by atoms with E-state index in [1.165, 1.54) is 5.56 Å². The predicted molar refractivity (Wildman–Crippen MR) is 85.6 cm³/mol. The summed E-state index contributed by atoms with van der Waals surface area (Å²) in [5.41, 5.74) is 1.21. The van der Waals surface area contributed by atoms with Crippen LogP contribution in [0.4, 0.5) is 0 Å². The summed E-state index contributed by atoms with van der Waals surface area (Å²) in [6.07, 6.45) is 3.15. The summed E-state index contributed by atoms with van der Waals surface area (Å²) in [6, 6.07) is 8.34. The lowest BCUT2D eigenvalue weighted by molar-refractivity contribution is -0.134. The van der Waals surface area contributed by atoms with Crippen molar-refractivity contribution < 1.29 is 4.79 Å². The van der Waals surface area contributed by atoms with Gasteiger partial charge in [-0.3, -0.25) is 4.79 Å². The third kappa shape index (κ3) is 3.24. The van der Waals surface area contributed by atoms with Gasteiger partial charge in [0.25, 0.3) is 0 Å². The molecule has 1 amide bonds. The maximum Gasteiger partial charge on any atom is 0.226 e. The van der Waals surface area contributed by atoms with Crippen molar-refractivity contribution in [1.82, 2.24) is 9.80 Å². The van der Waals surface area contributed by atoms with Crippen LogP contribution >= 0.6 is 11.6 Å². The summed E-state index contributed by atoms with van der Waals surface area (Å²) in [7, 11) is 4.12. The van der Waals surface area contributed by atoms with Crippen LogP contribution in [0, 0.1) is 5.92 Å². The zero-order valence-corrected chi connectivity index (χ0v) is 13.5. The number of benzene rings is 1. The molecule has 0 unspecified atom stereocenters. The zero-order valence-electron chi connectivity index (χ0n) is 12.8. The second-order valence-electron chi connectivity index (χ2n) is 6.49. The van der Waals surface area contributed by atoms with Gasteiger partial charge in [-0.1, -0.05) is 23.7 Å². The van der Waals surface area contributed by atoms with Gasteiger partial charge < -0.3 is 9.80 Å². The molecule has 2 atom stereocenters. The molecule has 1 aromatic carbocycles. The van der Waals surface area contributed by atoms with Gasteiger partial charge in [-0.15, -0.1) is 0 Å². The number of rotatable bonds is 3. The fourth-order valence-electron chi connectivity index (χ4n) is 3.40. The summed E-state index contributed by atoms with van der Waals surface area (Å²) >= 11 is 6.04. The normalized spacial score (nSPS) is 26.6. The number of likely N-dealkylation sites (tertiary alicyclic amines) is 1. The van der Waals surface area contributed by atoms with Crippen molar-refractivity contribution in [1.29, 1.82) is 0 Å². The van der Waals surface area contributed by atoms with Crippen molar-refractivity contribution in [3.8, 4) is 0 Å². The molecule has 0 spiro atoms. The topological polar surface area (TPSA) is 23.6 Å². The molecule has 1 aliphatic carbocycles. The number of carbonyl (C=O) groups excluding carboxylic acids is 1. The van der Waals surface area contributed by atoms with E-state index in [2.05, 4.69) is 18.0 Å². The Labute approximate surface area is 131 Å². The lowest BCUT2D eigenvalue weighted by Crippen LogP contribution is -2.45. The first kappa shape index (κ1) is 14.9. The highest BCUT2D eigenvalue weighted by Crippen LogP contribution is 2.49. The van der Waals surface area contributed by atoms with Crippen LogP contribution in [0.15, 0.2) is 24.3 Å². The lowest BCUT2D eigenvalue weighted by Gasteiger charge is -2.35. The van der Waals surface area contributed by atoms with Crippen LogP contribution in [0.3, 0.4) is 0 Å². The van der Waals surface area contributed by atoms with E-state index in [4.69, 9.17) is 11.6 Å². The minimum atomic E-state index is 0.160. The van der Waals surface area contributed by atoms with Gasteiger partial charge in [-0.2, -0.15) is 0 Å². The standard InChI is InChI=1S/C17H23ClN2O/c1-19-8-6-14(7-9-19)20(2)17(21)16-11-15(16)12-4-3-5-13(18)10-12/h3-5,10,14-16H,6-9,11H2,1-2H3/t15-,16-/m0/s1. The second-order valence-corrected chi connectivity index (χ2v) is 6.92. The number of amides is 1. The molecule has 4 heteroatoms. The molecule has 21 heavy (non-hydrogen) atoms. The number of piperidine rings is 1. The molecule has 3 nitrogen and oxygen atoms in total. The lowest BCUT2D eigenvalue weighted by atomic mass is 10.0.